The average molecular weight is 349 g/mol. The maximum absolute atomic E-state index is 12.5. The summed E-state index contributed by atoms with van der Waals surface area (Å²) >= 11 is 0. The van der Waals surface area contributed by atoms with Crippen LogP contribution in [0.15, 0.2) is 24.3 Å². The Balaban J connectivity index is 2.80. The summed E-state index contributed by atoms with van der Waals surface area (Å²) in [5, 5.41) is 7.99. The molecule has 138 valence electrons. The van der Waals surface area contributed by atoms with Crippen LogP contribution in [0.3, 0.4) is 0 Å². The van der Waals surface area contributed by atoms with Gasteiger partial charge in [0.05, 0.1) is 0 Å². The minimum Gasteiger partial charge on any atom is -0.444 e. The molecule has 7 nitrogen and oxygen atoms in total. The summed E-state index contributed by atoms with van der Waals surface area (Å²) in [7, 11) is 0. The molecule has 0 saturated heterocycles. The van der Waals surface area contributed by atoms with E-state index in [-0.39, 0.29) is 17.7 Å². The molecule has 1 aromatic rings. The van der Waals surface area contributed by atoms with E-state index in [9.17, 15) is 14.4 Å². The number of alkyl carbamates (subject to hydrolysis) is 1. The highest BCUT2D eigenvalue weighted by atomic mass is 16.6. The summed E-state index contributed by atoms with van der Waals surface area (Å²) in [6.07, 6.45) is -0.645. The molecule has 1 rings (SSSR count). The van der Waals surface area contributed by atoms with E-state index >= 15 is 0 Å². The van der Waals surface area contributed by atoms with E-state index in [0.717, 1.165) is 0 Å². The molecular formula is C18H27N3O4. The van der Waals surface area contributed by atoms with Crippen LogP contribution in [-0.4, -0.2) is 29.6 Å². The van der Waals surface area contributed by atoms with Crippen molar-refractivity contribution in [3.63, 3.8) is 0 Å². The summed E-state index contributed by atoms with van der Waals surface area (Å²) < 4.78 is 5.20. The first-order valence-corrected chi connectivity index (χ1v) is 8.16. The molecule has 1 unspecified atom stereocenters. The Labute approximate surface area is 148 Å². The smallest absolute Gasteiger partial charge is 0.408 e. The molecule has 0 aliphatic heterocycles. The molecule has 0 bridgehead atoms. The summed E-state index contributed by atoms with van der Waals surface area (Å²) in [5.41, 5.74) is 0.453. The number of ether oxygens (including phenoxy) is 1. The molecule has 0 spiro atoms. The molecule has 0 radical (unpaired) electrons. The molecule has 0 heterocycles. The lowest BCUT2D eigenvalue weighted by molar-refractivity contribution is -0.119. The van der Waals surface area contributed by atoms with E-state index in [1.165, 1.54) is 6.92 Å². The zero-order valence-electron chi connectivity index (χ0n) is 15.6. The van der Waals surface area contributed by atoms with Gasteiger partial charge in [0.25, 0.3) is 0 Å². The Bertz CT molecular complexity index is 635. The van der Waals surface area contributed by atoms with Crippen LogP contribution in [-0.2, 0) is 14.3 Å². The van der Waals surface area contributed by atoms with Crippen molar-refractivity contribution in [3.05, 3.63) is 24.3 Å². The highest BCUT2D eigenvalue weighted by molar-refractivity contribution is 5.97. The van der Waals surface area contributed by atoms with Gasteiger partial charge in [-0.2, -0.15) is 0 Å². The summed E-state index contributed by atoms with van der Waals surface area (Å²) in [4.78, 5) is 35.6. The molecule has 0 saturated carbocycles. The van der Waals surface area contributed by atoms with E-state index in [1.807, 2.05) is 13.8 Å². The summed E-state index contributed by atoms with van der Waals surface area (Å²) in [6, 6.07) is 6.03. The van der Waals surface area contributed by atoms with Crippen LogP contribution in [0.5, 0.6) is 0 Å². The fourth-order valence-electron chi connectivity index (χ4n) is 2.07. The lowest BCUT2D eigenvalue weighted by Crippen LogP contribution is -2.48. The number of rotatable bonds is 5. The lowest BCUT2D eigenvalue weighted by atomic mass is 10.0. The molecular weight excluding hydrogens is 322 g/mol. The van der Waals surface area contributed by atoms with Crippen LogP contribution in [0.4, 0.5) is 16.2 Å². The van der Waals surface area contributed by atoms with Crippen molar-refractivity contribution in [2.24, 2.45) is 5.92 Å². The van der Waals surface area contributed by atoms with Crippen LogP contribution >= 0.6 is 0 Å². The standard InChI is InChI=1S/C18H27N3O4/c1-11(2)15(21-17(24)25-18(4,5)6)16(23)20-14-9-7-8-13(10-14)19-12(3)22/h7-11,15H,1-6H3,(H,19,22)(H,20,23)(H,21,24). The molecule has 25 heavy (non-hydrogen) atoms. The molecule has 7 heteroatoms. The van der Waals surface area contributed by atoms with Crippen molar-refractivity contribution >= 4 is 29.3 Å². The van der Waals surface area contributed by atoms with Gasteiger partial charge < -0.3 is 20.7 Å². The highest BCUT2D eigenvalue weighted by Gasteiger charge is 2.27. The van der Waals surface area contributed by atoms with Crippen molar-refractivity contribution in [1.82, 2.24) is 5.32 Å². The highest BCUT2D eigenvalue weighted by Crippen LogP contribution is 2.16. The monoisotopic (exact) mass is 349 g/mol. The number of amides is 3. The van der Waals surface area contributed by atoms with Crippen molar-refractivity contribution < 1.29 is 19.1 Å². The van der Waals surface area contributed by atoms with Crippen molar-refractivity contribution in [3.8, 4) is 0 Å². The molecule has 3 N–H and O–H groups in total. The van der Waals surface area contributed by atoms with Gasteiger partial charge in [0.1, 0.15) is 11.6 Å². The topological polar surface area (TPSA) is 96.5 Å². The van der Waals surface area contributed by atoms with Crippen molar-refractivity contribution in [2.45, 2.75) is 53.2 Å². The molecule has 0 fully saturated rings. The Morgan fingerprint density at radius 3 is 2.08 bits per heavy atom. The first-order valence-electron chi connectivity index (χ1n) is 8.16. The fourth-order valence-corrected chi connectivity index (χ4v) is 2.07. The van der Waals surface area contributed by atoms with Gasteiger partial charge in [-0.25, -0.2) is 4.79 Å². The second kappa shape index (κ2) is 8.50. The number of carbonyl (C=O) groups excluding carboxylic acids is 3. The molecule has 0 aromatic heterocycles. The maximum Gasteiger partial charge on any atom is 0.408 e. The first-order chi connectivity index (χ1) is 11.5. The van der Waals surface area contributed by atoms with E-state index in [2.05, 4.69) is 16.0 Å². The zero-order chi connectivity index (χ0) is 19.2. The molecule has 0 aliphatic rings. The molecule has 1 aromatic carbocycles. The lowest BCUT2D eigenvalue weighted by Gasteiger charge is -2.25. The average Bonchev–Trinajstić information content (AvgIpc) is 2.42. The second-order valence-electron chi connectivity index (χ2n) is 7.12. The SMILES string of the molecule is CC(=O)Nc1cccc(NC(=O)C(NC(=O)OC(C)(C)C)C(C)C)c1. The molecule has 0 aliphatic carbocycles. The summed E-state index contributed by atoms with van der Waals surface area (Å²) in [5.74, 6) is -0.693. The van der Waals surface area contributed by atoms with Crippen LogP contribution in [0.25, 0.3) is 0 Å². The van der Waals surface area contributed by atoms with E-state index in [1.54, 1.807) is 45.0 Å². The van der Waals surface area contributed by atoms with Gasteiger partial charge in [0.15, 0.2) is 0 Å². The third-order valence-electron chi connectivity index (χ3n) is 3.07. The second-order valence-corrected chi connectivity index (χ2v) is 7.12. The first kappa shape index (κ1) is 20.5. The third kappa shape index (κ3) is 7.69. The number of nitrogens with one attached hydrogen (secondary N) is 3. The van der Waals surface area contributed by atoms with Gasteiger partial charge in [0, 0.05) is 18.3 Å². The Kier molecular flexibility index (Phi) is 6.97. The van der Waals surface area contributed by atoms with Gasteiger partial charge >= 0.3 is 6.09 Å². The van der Waals surface area contributed by atoms with Gasteiger partial charge in [-0.05, 0) is 44.9 Å². The predicted molar refractivity (Wildman–Crippen MR) is 97.4 cm³/mol. The number of hydrogen-bond acceptors (Lipinski definition) is 4. The fraction of sp³-hybridized carbons (Fsp3) is 0.500. The largest absolute Gasteiger partial charge is 0.444 e. The predicted octanol–water partition coefficient (Wildman–Crippen LogP) is 3.13. The normalized spacial score (nSPS) is 12.3. The minimum absolute atomic E-state index is 0.133. The number of anilines is 2. The Morgan fingerprint density at radius 1 is 1.04 bits per heavy atom. The van der Waals surface area contributed by atoms with Crippen molar-refractivity contribution in [2.75, 3.05) is 10.6 Å². The Hall–Kier alpha value is -2.57. The van der Waals surface area contributed by atoms with E-state index < -0.39 is 17.7 Å². The van der Waals surface area contributed by atoms with Gasteiger partial charge in [0.2, 0.25) is 11.8 Å². The minimum atomic E-state index is -0.751. The number of benzene rings is 1. The Morgan fingerprint density at radius 2 is 1.60 bits per heavy atom. The van der Waals surface area contributed by atoms with Crippen LogP contribution < -0.4 is 16.0 Å². The number of hydrogen-bond donors (Lipinski definition) is 3. The third-order valence-corrected chi connectivity index (χ3v) is 3.07. The summed E-state index contributed by atoms with van der Waals surface area (Å²) in [6.45, 7) is 10.3. The van der Waals surface area contributed by atoms with E-state index in [0.29, 0.717) is 11.4 Å². The van der Waals surface area contributed by atoms with Crippen molar-refractivity contribution in [1.29, 1.82) is 0 Å². The van der Waals surface area contributed by atoms with Crippen LogP contribution in [0.2, 0.25) is 0 Å². The van der Waals surface area contributed by atoms with E-state index in [4.69, 9.17) is 4.74 Å². The van der Waals surface area contributed by atoms with Crippen LogP contribution in [0, 0.1) is 5.92 Å². The van der Waals surface area contributed by atoms with Gasteiger partial charge in [-0.1, -0.05) is 19.9 Å². The van der Waals surface area contributed by atoms with Gasteiger partial charge in [-0.3, -0.25) is 9.59 Å². The van der Waals surface area contributed by atoms with Crippen LogP contribution in [0.1, 0.15) is 41.5 Å². The molecule has 1 atom stereocenters. The molecule has 3 amide bonds. The quantitative estimate of drug-likeness (QED) is 0.761. The van der Waals surface area contributed by atoms with Gasteiger partial charge in [-0.15, -0.1) is 0 Å². The zero-order valence-corrected chi connectivity index (χ0v) is 15.6. The number of carbonyl (C=O) groups is 3. The maximum atomic E-state index is 12.5.